The summed E-state index contributed by atoms with van der Waals surface area (Å²) in [7, 11) is 0. The largest absolute Gasteiger partial charge is 0.347 e. The van der Waals surface area contributed by atoms with Crippen LogP contribution in [0.4, 0.5) is 11.5 Å². The van der Waals surface area contributed by atoms with Gasteiger partial charge in [-0.3, -0.25) is 4.98 Å². The molecule has 0 bridgehead atoms. The Bertz CT molecular complexity index is 973. The van der Waals surface area contributed by atoms with Gasteiger partial charge in [0.15, 0.2) is 0 Å². The average Bonchev–Trinajstić information content (AvgIpc) is 3.03. The van der Waals surface area contributed by atoms with Gasteiger partial charge in [0.1, 0.15) is 5.82 Å². The highest BCUT2D eigenvalue weighted by atomic mass is 15.0. The maximum absolute atomic E-state index is 4.23. The minimum absolute atomic E-state index is 1.01. The van der Waals surface area contributed by atoms with Crippen molar-refractivity contribution in [1.29, 1.82) is 0 Å². The van der Waals surface area contributed by atoms with Crippen molar-refractivity contribution in [3.05, 3.63) is 90.9 Å². The van der Waals surface area contributed by atoms with E-state index < -0.39 is 0 Å². The van der Waals surface area contributed by atoms with Crippen LogP contribution < -0.4 is 5.32 Å². The first-order valence-corrected chi connectivity index (χ1v) is 8.32. The normalized spacial score (nSPS) is 10.6. The van der Waals surface area contributed by atoms with Crippen molar-refractivity contribution in [2.45, 2.75) is 6.92 Å². The second-order valence-electron chi connectivity index (χ2n) is 6.04. The summed E-state index contributed by atoms with van der Waals surface area (Å²) in [6, 6.07) is 22.8. The number of anilines is 2. The quantitative estimate of drug-likeness (QED) is 0.498. The van der Waals surface area contributed by atoms with E-state index in [1.54, 1.807) is 6.20 Å². The molecule has 2 aromatic carbocycles. The summed E-state index contributed by atoms with van der Waals surface area (Å²) in [5.41, 5.74) is 6.93. The van der Waals surface area contributed by atoms with Crippen LogP contribution in [0.5, 0.6) is 0 Å². The van der Waals surface area contributed by atoms with Crippen LogP contribution in [0.1, 0.15) is 5.56 Å². The van der Waals surface area contributed by atoms with Gasteiger partial charge in [0.2, 0.25) is 0 Å². The predicted molar refractivity (Wildman–Crippen MR) is 104 cm³/mol. The Hall–Kier alpha value is -3.33. The van der Waals surface area contributed by atoms with Gasteiger partial charge in [-0.05, 0) is 47.9 Å². The Balaban J connectivity index is 1.74. The number of pyridine rings is 1. The van der Waals surface area contributed by atoms with Crippen molar-refractivity contribution < 1.29 is 0 Å². The number of aromatic amines is 1. The first-order valence-electron chi connectivity index (χ1n) is 8.32. The van der Waals surface area contributed by atoms with E-state index in [0.29, 0.717) is 0 Å². The van der Waals surface area contributed by atoms with E-state index in [1.807, 2.05) is 36.7 Å². The van der Waals surface area contributed by atoms with Crippen molar-refractivity contribution in [1.82, 2.24) is 9.97 Å². The number of rotatable bonds is 4. The molecule has 4 rings (SSSR count). The van der Waals surface area contributed by atoms with Crippen molar-refractivity contribution in [2.24, 2.45) is 0 Å². The number of aryl methyl sites for hydroxylation is 1. The molecule has 3 heteroatoms. The summed E-state index contributed by atoms with van der Waals surface area (Å²) in [6.07, 6.45) is 5.73. The number of nitrogens with zero attached hydrogens (tertiary/aromatic N) is 1. The zero-order valence-corrected chi connectivity index (χ0v) is 14.0. The molecule has 2 aromatic heterocycles. The van der Waals surface area contributed by atoms with Gasteiger partial charge in [0, 0.05) is 35.4 Å². The smallest absolute Gasteiger partial charge is 0.115 e. The second kappa shape index (κ2) is 6.65. The first-order chi connectivity index (χ1) is 12.3. The van der Waals surface area contributed by atoms with Crippen LogP contribution >= 0.6 is 0 Å². The Morgan fingerprint density at radius 3 is 2.44 bits per heavy atom. The summed E-state index contributed by atoms with van der Waals surface area (Å²) in [4.78, 5) is 7.58. The Morgan fingerprint density at radius 2 is 1.64 bits per heavy atom. The van der Waals surface area contributed by atoms with Crippen molar-refractivity contribution >= 4 is 11.5 Å². The minimum atomic E-state index is 1.01. The highest BCUT2D eigenvalue weighted by Gasteiger charge is 2.12. The third-order valence-corrected chi connectivity index (χ3v) is 4.27. The number of aromatic nitrogens is 2. The summed E-state index contributed by atoms with van der Waals surface area (Å²) < 4.78 is 0. The number of hydrogen-bond donors (Lipinski definition) is 2. The molecular formula is C22H19N3. The molecule has 0 aliphatic carbocycles. The minimum Gasteiger partial charge on any atom is -0.347 e. The van der Waals surface area contributed by atoms with Gasteiger partial charge in [-0.15, -0.1) is 0 Å². The molecule has 0 radical (unpaired) electrons. The van der Waals surface area contributed by atoms with Gasteiger partial charge in [0.05, 0.1) is 0 Å². The zero-order valence-electron chi connectivity index (χ0n) is 14.0. The van der Waals surface area contributed by atoms with E-state index in [4.69, 9.17) is 0 Å². The molecule has 0 spiro atoms. The third-order valence-electron chi connectivity index (χ3n) is 4.27. The lowest BCUT2D eigenvalue weighted by Gasteiger charge is -2.10. The molecule has 0 aliphatic heterocycles. The van der Waals surface area contributed by atoms with E-state index in [2.05, 4.69) is 64.7 Å². The topological polar surface area (TPSA) is 40.7 Å². The summed E-state index contributed by atoms with van der Waals surface area (Å²) >= 11 is 0. The van der Waals surface area contributed by atoms with E-state index in [1.165, 1.54) is 16.7 Å². The van der Waals surface area contributed by atoms with Gasteiger partial charge in [-0.2, -0.15) is 0 Å². The lowest BCUT2D eigenvalue weighted by atomic mass is 9.99. The Labute approximate surface area is 147 Å². The molecule has 0 saturated heterocycles. The molecule has 122 valence electrons. The second-order valence-corrected chi connectivity index (χ2v) is 6.04. The van der Waals surface area contributed by atoms with Gasteiger partial charge in [0.25, 0.3) is 0 Å². The zero-order chi connectivity index (χ0) is 17.1. The molecule has 2 heterocycles. The lowest BCUT2D eigenvalue weighted by Crippen LogP contribution is -1.93. The molecule has 0 amide bonds. The number of H-pyrrole nitrogens is 1. The molecule has 4 aromatic rings. The number of benzene rings is 2. The Kier molecular flexibility index (Phi) is 4.05. The van der Waals surface area contributed by atoms with Crippen molar-refractivity contribution in [3.8, 4) is 22.3 Å². The fourth-order valence-electron chi connectivity index (χ4n) is 3.05. The summed E-state index contributed by atoms with van der Waals surface area (Å²) in [6.45, 7) is 2.12. The fraction of sp³-hybridized carbons (Fsp3) is 0.0455. The van der Waals surface area contributed by atoms with Crippen LogP contribution in [0.15, 0.2) is 85.3 Å². The molecule has 0 fully saturated rings. The van der Waals surface area contributed by atoms with Crippen LogP contribution in [-0.2, 0) is 0 Å². The van der Waals surface area contributed by atoms with Gasteiger partial charge in [-0.25, -0.2) is 0 Å². The lowest BCUT2D eigenvalue weighted by molar-refractivity contribution is 1.33. The van der Waals surface area contributed by atoms with Gasteiger partial charge < -0.3 is 10.3 Å². The van der Waals surface area contributed by atoms with E-state index in [0.717, 1.165) is 22.6 Å². The molecule has 3 nitrogen and oxygen atoms in total. The molecule has 0 aliphatic rings. The third kappa shape index (κ3) is 3.17. The van der Waals surface area contributed by atoms with Crippen LogP contribution in [0.25, 0.3) is 22.3 Å². The van der Waals surface area contributed by atoms with E-state index in [9.17, 15) is 0 Å². The van der Waals surface area contributed by atoms with Gasteiger partial charge in [-0.1, -0.05) is 42.5 Å². The SMILES string of the molecule is Cc1c[nH]c(Nc2ccccc2)c1-c1cccc(-c2cccnc2)c1. The molecular weight excluding hydrogens is 306 g/mol. The predicted octanol–water partition coefficient (Wildman–Crippen LogP) is 5.80. The molecule has 0 unspecified atom stereocenters. The standard InChI is InChI=1S/C22H19N3/c1-16-14-24-22(25-20-10-3-2-4-11-20)21(16)18-8-5-7-17(13-18)19-9-6-12-23-15-19/h2-15,24-25H,1H3. The van der Waals surface area contributed by atoms with E-state index in [-0.39, 0.29) is 0 Å². The highest BCUT2D eigenvalue weighted by Crippen LogP contribution is 2.34. The molecule has 0 atom stereocenters. The van der Waals surface area contributed by atoms with Crippen LogP contribution in [0.2, 0.25) is 0 Å². The van der Waals surface area contributed by atoms with Crippen LogP contribution in [-0.4, -0.2) is 9.97 Å². The molecule has 25 heavy (non-hydrogen) atoms. The van der Waals surface area contributed by atoms with Crippen molar-refractivity contribution in [2.75, 3.05) is 5.32 Å². The summed E-state index contributed by atoms with van der Waals surface area (Å²) in [5, 5.41) is 3.48. The number of nitrogens with one attached hydrogen (secondary N) is 2. The average molecular weight is 325 g/mol. The summed E-state index contributed by atoms with van der Waals surface area (Å²) in [5.74, 6) is 1.01. The van der Waals surface area contributed by atoms with E-state index >= 15 is 0 Å². The fourth-order valence-corrected chi connectivity index (χ4v) is 3.05. The monoisotopic (exact) mass is 325 g/mol. The molecule has 2 N–H and O–H groups in total. The molecule has 0 saturated carbocycles. The number of para-hydroxylation sites is 1. The first kappa shape index (κ1) is 15.2. The highest BCUT2D eigenvalue weighted by molar-refractivity contribution is 5.84. The maximum Gasteiger partial charge on any atom is 0.115 e. The van der Waals surface area contributed by atoms with Crippen LogP contribution in [0, 0.1) is 6.92 Å². The maximum atomic E-state index is 4.23. The van der Waals surface area contributed by atoms with Crippen LogP contribution in [0.3, 0.4) is 0 Å². The van der Waals surface area contributed by atoms with Gasteiger partial charge >= 0.3 is 0 Å². The Morgan fingerprint density at radius 1 is 0.840 bits per heavy atom. The van der Waals surface area contributed by atoms with Crippen molar-refractivity contribution in [3.63, 3.8) is 0 Å². The number of hydrogen-bond acceptors (Lipinski definition) is 2.